The molecule has 112 valence electrons. The number of anilines is 1. The molecule has 1 N–H and O–H groups in total. The molecule has 0 aliphatic carbocycles. The number of hydrogen-bond acceptors (Lipinski definition) is 2. The summed E-state index contributed by atoms with van der Waals surface area (Å²) in [5.74, 6) is -0.180. The van der Waals surface area contributed by atoms with Crippen LogP contribution in [0.4, 0.5) is 10.1 Å². The van der Waals surface area contributed by atoms with E-state index in [1.807, 2.05) is 18.2 Å². The maximum Gasteiger partial charge on any atom is 0.123 e. The van der Waals surface area contributed by atoms with Crippen LogP contribution in [0.25, 0.3) is 0 Å². The molecule has 0 amide bonds. The molecule has 21 heavy (non-hydrogen) atoms. The van der Waals surface area contributed by atoms with Crippen molar-refractivity contribution < 1.29 is 9.13 Å². The third-order valence-electron chi connectivity index (χ3n) is 3.43. The Morgan fingerprint density at radius 2 is 1.95 bits per heavy atom. The SMILES string of the molecule is COCCc1ccccc1NC(C)Cc1cccc(F)c1. The van der Waals surface area contributed by atoms with Gasteiger partial charge < -0.3 is 10.1 Å². The van der Waals surface area contributed by atoms with Gasteiger partial charge in [0.15, 0.2) is 0 Å². The Morgan fingerprint density at radius 3 is 2.71 bits per heavy atom. The fraction of sp³-hybridized carbons (Fsp3) is 0.333. The molecule has 0 spiro atoms. The number of rotatable bonds is 7. The molecule has 0 radical (unpaired) electrons. The summed E-state index contributed by atoms with van der Waals surface area (Å²) in [6.45, 7) is 2.81. The third-order valence-corrected chi connectivity index (χ3v) is 3.43. The lowest BCUT2D eigenvalue weighted by Crippen LogP contribution is -2.19. The zero-order valence-electron chi connectivity index (χ0n) is 12.6. The Kier molecular flexibility index (Phi) is 5.76. The van der Waals surface area contributed by atoms with E-state index in [-0.39, 0.29) is 11.9 Å². The first-order chi connectivity index (χ1) is 10.2. The molecule has 0 saturated carbocycles. The molecule has 0 bridgehead atoms. The first-order valence-electron chi connectivity index (χ1n) is 7.27. The van der Waals surface area contributed by atoms with E-state index in [0.717, 1.165) is 24.1 Å². The Labute approximate surface area is 126 Å². The molecule has 0 fully saturated rings. The summed E-state index contributed by atoms with van der Waals surface area (Å²) in [4.78, 5) is 0. The number of hydrogen-bond donors (Lipinski definition) is 1. The minimum absolute atomic E-state index is 0.180. The van der Waals surface area contributed by atoms with Crippen molar-refractivity contribution in [3.8, 4) is 0 Å². The molecule has 0 heterocycles. The van der Waals surface area contributed by atoms with Crippen LogP contribution in [-0.2, 0) is 17.6 Å². The molecule has 1 unspecified atom stereocenters. The lowest BCUT2D eigenvalue weighted by molar-refractivity contribution is 0.202. The van der Waals surface area contributed by atoms with E-state index < -0.39 is 0 Å². The van der Waals surface area contributed by atoms with Gasteiger partial charge in [-0.25, -0.2) is 4.39 Å². The smallest absolute Gasteiger partial charge is 0.123 e. The van der Waals surface area contributed by atoms with Gasteiger partial charge in [-0.3, -0.25) is 0 Å². The second-order valence-corrected chi connectivity index (χ2v) is 5.28. The van der Waals surface area contributed by atoms with Crippen LogP contribution < -0.4 is 5.32 Å². The van der Waals surface area contributed by atoms with E-state index in [2.05, 4.69) is 24.4 Å². The van der Waals surface area contributed by atoms with Crippen molar-refractivity contribution in [2.75, 3.05) is 19.0 Å². The van der Waals surface area contributed by atoms with Gasteiger partial charge in [0, 0.05) is 18.8 Å². The highest BCUT2D eigenvalue weighted by Gasteiger charge is 2.07. The van der Waals surface area contributed by atoms with Crippen molar-refractivity contribution >= 4 is 5.69 Å². The third kappa shape index (κ3) is 4.87. The van der Waals surface area contributed by atoms with Gasteiger partial charge in [0.2, 0.25) is 0 Å². The summed E-state index contributed by atoms with van der Waals surface area (Å²) in [7, 11) is 1.71. The molecule has 2 rings (SSSR count). The van der Waals surface area contributed by atoms with E-state index in [1.165, 1.54) is 11.6 Å². The van der Waals surface area contributed by atoms with E-state index in [4.69, 9.17) is 4.74 Å². The summed E-state index contributed by atoms with van der Waals surface area (Å²) in [6, 6.07) is 15.2. The van der Waals surface area contributed by atoms with Crippen LogP contribution in [0.15, 0.2) is 48.5 Å². The zero-order valence-corrected chi connectivity index (χ0v) is 12.6. The van der Waals surface area contributed by atoms with Crippen LogP contribution in [0.2, 0.25) is 0 Å². The molecule has 0 saturated heterocycles. The summed E-state index contributed by atoms with van der Waals surface area (Å²) in [6.07, 6.45) is 1.67. The molecule has 2 aromatic rings. The lowest BCUT2D eigenvalue weighted by Gasteiger charge is -2.18. The first kappa shape index (κ1) is 15.5. The summed E-state index contributed by atoms with van der Waals surface area (Å²) < 4.78 is 18.4. The highest BCUT2D eigenvalue weighted by Crippen LogP contribution is 2.18. The Balaban J connectivity index is 2.00. The number of halogens is 1. The van der Waals surface area contributed by atoms with Crippen LogP contribution in [0.3, 0.4) is 0 Å². The number of ether oxygens (including phenoxy) is 1. The molecule has 1 atom stereocenters. The Bertz CT molecular complexity index is 571. The van der Waals surface area contributed by atoms with Crippen molar-refractivity contribution in [3.63, 3.8) is 0 Å². The maximum absolute atomic E-state index is 13.2. The molecule has 3 heteroatoms. The fourth-order valence-corrected chi connectivity index (χ4v) is 2.43. The van der Waals surface area contributed by atoms with Crippen LogP contribution in [0, 0.1) is 5.82 Å². The van der Waals surface area contributed by atoms with Crippen molar-refractivity contribution in [2.24, 2.45) is 0 Å². The summed E-state index contributed by atoms with van der Waals surface area (Å²) in [5, 5.41) is 3.51. The quantitative estimate of drug-likeness (QED) is 0.829. The fourth-order valence-electron chi connectivity index (χ4n) is 2.43. The molecular formula is C18H22FNO. The van der Waals surface area contributed by atoms with Gasteiger partial charge in [0.25, 0.3) is 0 Å². The lowest BCUT2D eigenvalue weighted by atomic mass is 10.1. The molecular weight excluding hydrogens is 265 g/mol. The van der Waals surface area contributed by atoms with E-state index >= 15 is 0 Å². The highest BCUT2D eigenvalue weighted by molar-refractivity contribution is 5.52. The van der Waals surface area contributed by atoms with Crippen LogP contribution >= 0.6 is 0 Å². The molecule has 2 nitrogen and oxygen atoms in total. The van der Waals surface area contributed by atoms with Crippen LogP contribution in [-0.4, -0.2) is 19.8 Å². The molecule has 0 aliphatic heterocycles. The summed E-state index contributed by atoms with van der Waals surface area (Å²) in [5.41, 5.74) is 3.37. The van der Waals surface area contributed by atoms with E-state index in [9.17, 15) is 4.39 Å². The molecule has 2 aromatic carbocycles. The summed E-state index contributed by atoms with van der Waals surface area (Å²) >= 11 is 0. The Hall–Kier alpha value is -1.87. The first-order valence-corrected chi connectivity index (χ1v) is 7.27. The standard InChI is InChI=1S/C18H22FNO/c1-14(12-15-6-5-8-17(19)13-15)20-18-9-4-3-7-16(18)10-11-21-2/h3-9,13-14,20H,10-12H2,1-2H3. The second kappa shape index (κ2) is 7.79. The second-order valence-electron chi connectivity index (χ2n) is 5.28. The van der Waals surface area contributed by atoms with Crippen molar-refractivity contribution in [2.45, 2.75) is 25.8 Å². The van der Waals surface area contributed by atoms with Crippen molar-refractivity contribution in [1.82, 2.24) is 0 Å². The number of para-hydroxylation sites is 1. The van der Waals surface area contributed by atoms with Gasteiger partial charge in [0.1, 0.15) is 5.82 Å². The van der Waals surface area contributed by atoms with Gasteiger partial charge >= 0.3 is 0 Å². The van der Waals surface area contributed by atoms with Gasteiger partial charge in [-0.05, 0) is 49.1 Å². The number of methoxy groups -OCH3 is 1. The normalized spacial score (nSPS) is 12.1. The zero-order chi connectivity index (χ0) is 15.1. The average molecular weight is 287 g/mol. The van der Waals surface area contributed by atoms with Crippen LogP contribution in [0.5, 0.6) is 0 Å². The monoisotopic (exact) mass is 287 g/mol. The number of benzene rings is 2. The van der Waals surface area contributed by atoms with E-state index in [0.29, 0.717) is 6.61 Å². The maximum atomic E-state index is 13.2. The Morgan fingerprint density at radius 1 is 1.14 bits per heavy atom. The average Bonchev–Trinajstić information content (AvgIpc) is 2.46. The minimum atomic E-state index is -0.180. The topological polar surface area (TPSA) is 21.3 Å². The number of nitrogens with one attached hydrogen (secondary N) is 1. The highest BCUT2D eigenvalue weighted by atomic mass is 19.1. The largest absolute Gasteiger partial charge is 0.384 e. The van der Waals surface area contributed by atoms with E-state index in [1.54, 1.807) is 19.2 Å². The van der Waals surface area contributed by atoms with Gasteiger partial charge in [-0.15, -0.1) is 0 Å². The predicted molar refractivity (Wildman–Crippen MR) is 85.2 cm³/mol. The van der Waals surface area contributed by atoms with Gasteiger partial charge in [-0.2, -0.15) is 0 Å². The van der Waals surface area contributed by atoms with Crippen molar-refractivity contribution in [1.29, 1.82) is 0 Å². The van der Waals surface area contributed by atoms with Gasteiger partial charge in [-0.1, -0.05) is 30.3 Å². The van der Waals surface area contributed by atoms with Gasteiger partial charge in [0.05, 0.1) is 6.61 Å². The molecule has 0 aromatic heterocycles. The molecule has 0 aliphatic rings. The van der Waals surface area contributed by atoms with Crippen LogP contribution in [0.1, 0.15) is 18.1 Å². The minimum Gasteiger partial charge on any atom is -0.384 e. The van der Waals surface area contributed by atoms with Crippen molar-refractivity contribution in [3.05, 3.63) is 65.5 Å². The predicted octanol–water partition coefficient (Wildman–Crippen LogP) is 4.06.